The summed E-state index contributed by atoms with van der Waals surface area (Å²) in [5.41, 5.74) is 2.03. The predicted octanol–water partition coefficient (Wildman–Crippen LogP) is 3.83. The van der Waals surface area contributed by atoms with Crippen LogP contribution in [0.3, 0.4) is 0 Å². The first-order chi connectivity index (χ1) is 9.42. The summed E-state index contributed by atoms with van der Waals surface area (Å²) >= 11 is 0. The fourth-order valence-electron chi connectivity index (χ4n) is 1.89. The van der Waals surface area contributed by atoms with Crippen molar-refractivity contribution in [3.05, 3.63) is 47.5 Å². The lowest BCUT2D eigenvalue weighted by molar-refractivity contribution is -0.126. The first-order valence-electron chi connectivity index (χ1n) is 6.88. The molecule has 0 saturated heterocycles. The van der Waals surface area contributed by atoms with Crippen LogP contribution in [-0.2, 0) is 9.47 Å². The topological polar surface area (TPSA) is 18.5 Å². The average Bonchev–Trinajstić information content (AvgIpc) is 2.73. The van der Waals surface area contributed by atoms with Gasteiger partial charge in [0.2, 0.25) is 0 Å². The highest BCUT2D eigenvalue weighted by Crippen LogP contribution is 2.23. The maximum atomic E-state index is 5.68. The molecule has 100 valence electrons. The van der Waals surface area contributed by atoms with E-state index in [1.165, 1.54) is 6.42 Å². The Balaban J connectivity index is 2.12. The van der Waals surface area contributed by atoms with Gasteiger partial charge in [-0.3, -0.25) is 0 Å². The van der Waals surface area contributed by atoms with Crippen molar-refractivity contribution in [2.24, 2.45) is 0 Å². The minimum atomic E-state index is -0.313. The van der Waals surface area contributed by atoms with Gasteiger partial charge in [-0.15, -0.1) is 0 Å². The van der Waals surface area contributed by atoms with Gasteiger partial charge in [-0.25, -0.2) is 0 Å². The van der Waals surface area contributed by atoms with E-state index >= 15 is 0 Å². The Morgan fingerprint density at radius 1 is 1.16 bits per heavy atom. The quantitative estimate of drug-likeness (QED) is 0.465. The van der Waals surface area contributed by atoms with Crippen molar-refractivity contribution in [2.75, 3.05) is 13.2 Å². The van der Waals surface area contributed by atoms with Crippen LogP contribution < -0.4 is 0 Å². The lowest BCUT2D eigenvalue weighted by Gasteiger charge is -2.17. The largest absolute Gasteiger partial charge is 0.344 e. The maximum absolute atomic E-state index is 5.68. The van der Waals surface area contributed by atoms with E-state index in [0.717, 1.165) is 24.0 Å². The van der Waals surface area contributed by atoms with E-state index in [4.69, 9.17) is 9.47 Å². The molecule has 0 N–H and O–H groups in total. The SMILES string of the molecule is CCCCC#Cc1ccccc1C1OCC=CCO1. The highest BCUT2D eigenvalue weighted by atomic mass is 16.7. The van der Waals surface area contributed by atoms with Gasteiger partial charge in [-0.05, 0) is 12.5 Å². The fraction of sp³-hybridized carbons (Fsp3) is 0.412. The Morgan fingerprint density at radius 3 is 2.63 bits per heavy atom. The molecular weight excluding hydrogens is 236 g/mol. The van der Waals surface area contributed by atoms with Crippen molar-refractivity contribution in [1.82, 2.24) is 0 Å². The number of hydrogen-bond acceptors (Lipinski definition) is 2. The van der Waals surface area contributed by atoms with Crippen molar-refractivity contribution >= 4 is 0 Å². The number of hydrogen-bond donors (Lipinski definition) is 0. The van der Waals surface area contributed by atoms with Gasteiger partial charge >= 0.3 is 0 Å². The van der Waals surface area contributed by atoms with Gasteiger partial charge in [-0.1, -0.05) is 55.5 Å². The summed E-state index contributed by atoms with van der Waals surface area (Å²) in [7, 11) is 0. The summed E-state index contributed by atoms with van der Waals surface area (Å²) in [4.78, 5) is 0. The normalized spacial score (nSPS) is 15.6. The monoisotopic (exact) mass is 256 g/mol. The first kappa shape index (κ1) is 13.9. The smallest absolute Gasteiger partial charge is 0.185 e. The molecule has 1 aliphatic rings. The standard InChI is InChI=1S/C17H20O2/c1-2-3-4-5-10-15-11-6-7-12-16(15)17-18-13-8-9-14-19-17/h6-9,11-12,17H,2-4,13-14H2,1H3. The van der Waals surface area contributed by atoms with Crippen LogP contribution in [-0.4, -0.2) is 13.2 Å². The number of unbranched alkanes of at least 4 members (excludes halogenated alkanes) is 2. The molecule has 0 aliphatic carbocycles. The summed E-state index contributed by atoms with van der Waals surface area (Å²) in [6.07, 6.45) is 6.92. The zero-order valence-corrected chi connectivity index (χ0v) is 11.4. The van der Waals surface area contributed by atoms with E-state index in [0.29, 0.717) is 13.2 Å². The molecule has 1 aromatic rings. The van der Waals surface area contributed by atoms with Gasteiger partial charge in [-0.2, -0.15) is 0 Å². The van der Waals surface area contributed by atoms with Crippen molar-refractivity contribution < 1.29 is 9.47 Å². The summed E-state index contributed by atoms with van der Waals surface area (Å²) in [5, 5.41) is 0. The number of rotatable bonds is 3. The van der Waals surface area contributed by atoms with Gasteiger partial charge in [0, 0.05) is 17.5 Å². The van der Waals surface area contributed by atoms with Crippen LogP contribution in [0.25, 0.3) is 0 Å². The zero-order chi connectivity index (χ0) is 13.3. The van der Waals surface area contributed by atoms with E-state index in [9.17, 15) is 0 Å². The number of benzene rings is 1. The van der Waals surface area contributed by atoms with Crippen molar-refractivity contribution in [3.63, 3.8) is 0 Å². The van der Waals surface area contributed by atoms with E-state index in [1.54, 1.807) is 0 Å². The molecule has 19 heavy (non-hydrogen) atoms. The van der Waals surface area contributed by atoms with Crippen molar-refractivity contribution in [1.29, 1.82) is 0 Å². The molecule has 1 aromatic carbocycles. The van der Waals surface area contributed by atoms with E-state index in [2.05, 4.69) is 18.8 Å². The minimum absolute atomic E-state index is 0.313. The van der Waals surface area contributed by atoms with Gasteiger partial charge in [0.1, 0.15) is 0 Å². The summed E-state index contributed by atoms with van der Waals surface area (Å²) in [5.74, 6) is 6.46. The molecule has 0 spiro atoms. The summed E-state index contributed by atoms with van der Waals surface area (Å²) in [6, 6.07) is 8.05. The molecule has 0 radical (unpaired) electrons. The highest BCUT2D eigenvalue weighted by molar-refractivity contribution is 5.42. The van der Waals surface area contributed by atoms with Crippen molar-refractivity contribution in [2.45, 2.75) is 32.5 Å². The second-order valence-corrected chi connectivity index (χ2v) is 4.46. The van der Waals surface area contributed by atoms with Crippen LogP contribution >= 0.6 is 0 Å². The van der Waals surface area contributed by atoms with Crippen LogP contribution in [0.4, 0.5) is 0 Å². The van der Waals surface area contributed by atoms with Gasteiger partial charge in [0.25, 0.3) is 0 Å². The summed E-state index contributed by atoms with van der Waals surface area (Å²) < 4.78 is 11.4. The Bertz CT molecular complexity index is 470. The van der Waals surface area contributed by atoms with Gasteiger partial charge in [0.15, 0.2) is 6.29 Å². The minimum Gasteiger partial charge on any atom is -0.344 e. The Hall–Kier alpha value is -1.56. The molecule has 2 heteroatoms. The molecule has 1 heterocycles. The molecule has 0 unspecified atom stereocenters. The van der Waals surface area contributed by atoms with Crippen LogP contribution in [0.15, 0.2) is 36.4 Å². The van der Waals surface area contributed by atoms with Crippen molar-refractivity contribution in [3.8, 4) is 11.8 Å². The molecule has 2 nitrogen and oxygen atoms in total. The zero-order valence-electron chi connectivity index (χ0n) is 11.4. The number of ether oxygens (including phenoxy) is 2. The fourth-order valence-corrected chi connectivity index (χ4v) is 1.89. The second kappa shape index (κ2) is 7.78. The lowest BCUT2D eigenvalue weighted by Crippen LogP contribution is -2.08. The van der Waals surface area contributed by atoms with E-state index in [-0.39, 0.29) is 6.29 Å². The Labute approximate surface area is 115 Å². The Kier molecular flexibility index (Phi) is 5.68. The van der Waals surface area contributed by atoms with Crippen LogP contribution in [0.5, 0.6) is 0 Å². The van der Waals surface area contributed by atoms with Crippen LogP contribution in [0.2, 0.25) is 0 Å². The third-order valence-electron chi connectivity index (χ3n) is 2.95. The molecule has 2 rings (SSSR count). The molecule has 0 atom stereocenters. The van der Waals surface area contributed by atoms with Gasteiger partial charge < -0.3 is 9.47 Å². The third-order valence-corrected chi connectivity index (χ3v) is 2.95. The Morgan fingerprint density at radius 2 is 1.89 bits per heavy atom. The van der Waals surface area contributed by atoms with Crippen LogP contribution in [0.1, 0.15) is 43.6 Å². The molecule has 0 amide bonds. The second-order valence-electron chi connectivity index (χ2n) is 4.46. The molecule has 0 fully saturated rings. The highest BCUT2D eigenvalue weighted by Gasteiger charge is 2.15. The van der Waals surface area contributed by atoms with E-state index < -0.39 is 0 Å². The first-order valence-corrected chi connectivity index (χ1v) is 6.88. The molecular formula is C17H20O2. The molecule has 0 aromatic heterocycles. The predicted molar refractivity (Wildman–Crippen MR) is 76.6 cm³/mol. The molecule has 0 saturated carbocycles. The van der Waals surface area contributed by atoms with Gasteiger partial charge in [0.05, 0.1) is 13.2 Å². The third kappa shape index (κ3) is 4.24. The average molecular weight is 256 g/mol. The lowest BCUT2D eigenvalue weighted by atomic mass is 10.1. The maximum Gasteiger partial charge on any atom is 0.185 e. The van der Waals surface area contributed by atoms with Crippen LogP contribution in [0, 0.1) is 11.8 Å². The molecule has 1 aliphatic heterocycles. The van der Waals surface area contributed by atoms with E-state index in [1.807, 2.05) is 36.4 Å². The molecule has 0 bridgehead atoms. The summed E-state index contributed by atoms with van der Waals surface area (Å²) in [6.45, 7) is 3.35.